The number of carbonyl (C=O) groups is 3. The Kier molecular flexibility index (Phi) is 44.7. The number of rotatable bonds is 47. The summed E-state index contributed by atoms with van der Waals surface area (Å²) in [7, 11) is 0. The number of esters is 3. The molecule has 0 saturated carbocycles. The Morgan fingerprint density at radius 1 is 0.322 bits per heavy atom. The van der Waals surface area contributed by atoms with Crippen molar-refractivity contribution >= 4 is 17.9 Å². The molecule has 0 fully saturated rings. The van der Waals surface area contributed by atoms with Gasteiger partial charge in [-0.25, -0.2) is 0 Å². The molecule has 6 heteroatoms. The van der Waals surface area contributed by atoms with E-state index in [-0.39, 0.29) is 31.1 Å². The van der Waals surface area contributed by atoms with Crippen LogP contribution in [-0.4, -0.2) is 37.2 Å². The molecule has 1 atom stereocenters. The first-order valence-electron chi connectivity index (χ1n) is 26.2. The molecule has 0 aromatic rings. The van der Waals surface area contributed by atoms with Crippen LogP contribution in [0.1, 0.15) is 291 Å². The number of hydrogen-bond acceptors (Lipinski definition) is 6. The van der Waals surface area contributed by atoms with E-state index in [1.807, 2.05) is 0 Å². The molecule has 0 aromatic heterocycles. The average molecular weight is 835 g/mol. The Balaban J connectivity index is 4.25. The minimum Gasteiger partial charge on any atom is -0.462 e. The summed E-state index contributed by atoms with van der Waals surface area (Å²) in [5, 5.41) is 0. The van der Waals surface area contributed by atoms with Crippen molar-refractivity contribution in [1.29, 1.82) is 0 Å². The smallest absolute Gasteiger partial charge is 0.306 e. The fourth-order valence-electron chi connectivity index (χ4n) is 7.99. The van der Waals surface area contributed by atoms with Crippen molar-refractivity contribution in [3.05, 3.63) is 0 Å². The van der Waals surface area contributed by atoms with Crippen LogP contribution in [0.15, 0.2) is 0 Å². The van der Waals surface area contributed by atoms with Gasteiger partial charge >= 0.3 is 17.9 Å². The first-order valence-corrected chi connectivity index (χ1v) is 26.2. The van der Waals surface area contributed by atoms with E-state index < -0.39 is 6.10 Å². The third kappa shape index (κ3) is 47.3. The summed E-state index contributed by atoms with van der Waals surface area (Å²) in [6.07, 6.45) is 46.7. The summed E-state index contributed by atoms with van der Waals surface area (Å²) in [6, 6.07) is 0. The molecule has 0 aliphatic rings. The van der Waals surface area contributed by atoms with E-state index in [2.05, 4.69) is 34.6 Å². The summed E-state index contributed by atoms with van der Waals surface area (Å²) in [5.74, 6) is 0.773. The van der Waals surface area contributed by atoms with Gasteiger partial charge < -0.3 is 14.2 Å². The topological polar surface area (TPSA) is 78.9 Å². The first kappa shape index (κ1) is 57.4. The quantitative estimate of drug-likeness (QED) is 0.0345. The summed E-state index contributed by atoms with van der Waals surface area (Å²) in [6.45, 7) is 11.3. The Morgan fingerprint density at radius 2 is 0.559 bits per heavy atom. The van der Waals surface area contributed by atoms with E-state index >= 15 is 0 Å². The van der Waals surface area contributed by atoms with Crippen molar-refractivity contribution in [2.24, 2.45) is 11.8 Å². The second-order valence-electron chi connectivity index (χ2n) is 19.1. The SMILES string of the molecule is CCCCCCCCCCCCCCCCC(=O)OC[C@H](COC(=O)CCCCCCCCCCCCCCCCC(C)C)OC(=O)CCCCCCCCCC(C)C. The Labute approximate surface area is 368 Å². The van der Waals surface area contributed by atoms with Crippen molar-refractivity contribution in [1.82, 2.24) is 0 Å². The fraction of sp³-hybridized carbons (Fsp3) is 0.943. The fourth-order valence-corrected chi connectivity index (χ4v) is 7.99. The number of hydrogen-bond donors (Lipinski definition) is 0. The molecular weight excluding hydrogens is 733 g/mol. The Morgan fingerprint density at radius 3 is 0.831 bits per heavy atom. The second kappa shape index (κ2) is 45.9. The van der Waals surface area contributed by atoms with E-state index in [1.54, 1.807) is 0 Å². The van der Waals surface area contributed by atoms with Crippen molar-refractivity contribution in [3.8, 4) is 0 Å². The minimum atomic E-state index is -0.762. The molecule has 6 nitrogen and oxygen atoms in total. The molecule has 0 spiro atoms. The van der Waals surface area contributed by atoms with Gasteiger partial charge in [0.15, 0.2) is 6.10 Å². The molecule has 0 N–H and O–H groups in total. The predicted octanol–water partition coefficient (Wildman–Crippen LogP) is 16.9. The van der Waals surface area contributed by atoms with Crippen LogP contribution in [0, 0.1) is 11.8 Å². The Bertz CT molecular complexity index is 900. The van der Waals surface area contributed by atoms with Gasteiger partial charge in [0.05, 0.1) is 0 Å². The monoisotopic (exact) mass is 835 g/mol. The second-order valence-corrected chi connectivity index (χ2v) is 19.1. The number of ether oxygens (including phenoxy) is 3. The van der Waals surface area contributed by atoms with Gasteiger partial charge in [0.2, 0.25) is 0 Å². The van der Waals surface area contributed by atoms with Crippen LogP contribution in [0.2, 0.25) is 0 Å². The minimum absolute atomic E-state index is 0.0642. The lowest BCUT2D eigenvalue weighted by Crippen LogP contribution is -2.30. The lowest BCUT2D eigenvalue weighted by Gasteiger charge is -2.18. The molecule has 0 unspecified atom stereocenters. The predicted molar refractivity (Wildman–Crippen MR) is 252 cm³/mol. The standard InChI is InChI=1S/C53H102O6/c1-6-7-8-9-10-11-12-13-17-20-23-28-33-38-43-51(54)57-46-50(59-53(56)45-40-35-30-25-27-32-37-42-49(4)5)47-58-52(55)44-39-34-29-24-21-18-15-14-16-19-22-26-31-36-41-48(2)3/h48-50H,6-47H2,1-5H3/t50-/m1/s1. The van der Waals surface area contributed by atoms with Crippen molar-refractivity contribution in [2.75, 3.05) is 13.2 Å². The Hall–Kier alpha value is -1.59. The summed E-state index contributed by atoms with van der Waals surface area (Å²) in [5.41, 5.74) is 0. The molecule has 350 valence electrons. The molecule has 59 heavy (non-hydrogen) atoms. The van der Waals surface area contributed by atoms with Gasteiger partial charge in [-0.15, -0.1) is 0 Å². The lowest BCUT2D eigenvalue weighted by molar-refractivity contribution is -0.167. The molecule has 0 radical (unpaired) electrons. The molecule has 0 heterocycles. The van der Waals surface area contributed by atoms with Crippen molar-refractivity contribution < 1.29 is 28.6 Å². The van der Waals surface area contributed by atoms with E-state index in [9.17, 15) is 14.4 Å². The molecule has 0 bridgehead atoms. The van der Waals surface area contributed by atoms with Crippen LogP contribution in [0.25, 0.3) is 0 Å². The maximum absolute atomic E-state index is 12.7. The van der Waals surface area contributed by atoms with Gasteiger partial charge in [-0.1, -0.05) is 253 Å². The van der Waals surface area contributed by atoms with E-state index in [0.29, 0.717) is 19.3 Å². The molecule has 0 amide bonds. The zero-order chi connectivity index (χ0) is 43.3. The number of carbonyl (C=O) groups excluding carboxylic acids is 3. The van der Waals surface area contributed by atoms with Gasteiger partial charge in [-0.2, -0.15) is 0 Å². The number of unbranched alkanes of at least 4 members (excludes halogenated alkanes) is 32. The highest BCUT2D eigenvalue weighted by Gasteiger charge is 2.19. The highest BCUT2D eigenvalue weighted by Crippen LogP contribution is 2.17. The average Bonchev–Trinajstić information content (AvgIpc) is 3.20. The first-order chi connectivity index (χ1) is 28.7. The van der Waals surface area contributed by atoms with Gasteiger partial charge in [-0.05, 0) is 31.1 Å². The van der Waals surface area contributed by atoms with Gasteiger partial charge in [0, 0.05) is 19.3 Å². The third-order valence-electron chi connectivity index (χ3n) is 12.0. The molecule has 0 aliphatic carbocycles. The summed E-state index contributed by atoms with van der Waals surface area (Å²) < 4.78 is 16.8. The largest absolute Gasteiger partial charge is 0.462 e. The molecule has 0 rings (SSSR count). The molecule has 0 aromatic carbocycles. The molecular formula is C53H102O6. The van der Waals surface area contributed by atoms with Crippen LogP contribution in [0.3, 0.4) is 0 Å². The normalized spacial score (nSPS) is 12.1. The van der Waals surface area contributed by atoms with E-state index in [1.165, 1.54) is 180 Å². The van der Waals surface area contributed by atoms with E-state index in [4.69, 9.17) is 14.2 Å². The molecule has 0 aliphatic heterocycles. The lowest BCUT2D eigenvalue weighted by atomic mass is 10.0. The van der Waals surface area contributed by atoms with Crippen LogP contribution in [-0.2, 0) is 28.6 Å². The maximum atomic E-state index is 12.7. The highest BCUT2D eigenvalue weighted by atomic mass is 16.6. The summed E-state index contributed by atoms with van der Waals surface area (Å²) in [4.78, 5) is 37.9. The zero-order valence-corrected chi connectivity index (χ0v) is 40.4. The maximum Gasteiger partial charge on any atom is 0.306 e. The van der Waals surface area contributed by atoms with Crippen LogP contribution >= 0.6 is 0 Å². The highest BCUT2D eigenvalue weighted by molar-refractivity contribution is 5.71. The molecule has 0 saturated heterocycles. The van der Waals surface area contributed by atoms with Gasteiger partial charge in [0.1, 0.15) is 13.2 Å². The zero-order valence-electron chi connectivity index (χ0n) is 40.4. The van der Waals surface area contributed by atoms with Crippen molar-refractivity contribution in [3.63, 3.8) is 0 Å². The van der Waals surface area contributed by atoms with Crippen LogP contribution in [0.4, 0.5) is 0 Å². The van der Waals surface area contributed by atoms with Gasteiger partial charge in [0.25, 0.3) is 0 Å². The van der Waals surface area contributed by atoms with Crippen LogP contribution < -0.4 is 0 Å². The summed E-state index contributed by atoms with van der Waals surface area (Å²) >= 11 is 0. The van der Waals surface area contributed by atoms with Gasteiger partial charge in [-0.3, -0.25) is 14.4 Å². The third-order valence-corrected chi connectivity index (χ3v) is 12.0. The van der Waals surface area contributed by atoms with Crippen LogP contribution in [0.5, 0.6) is 0 Å². The van der Waals surface area contributed by atoms with E-state index in [0.717, 1.165) is 69.6 Å². The van der Waals surface area contributed by atoms with Crippen molar-refractivity contribution in [2.45, 2.75) is 298 Å².